The maximum Gasteiger partial charge on any atom is 0.277 e. The number of anilines is 1. The highest BCUT2D eigenvalue weighted by Gasteiger charge is 2.14. The number of methoxy groups -OCH3 is 1. The van der Waals surface area contributed by atoms with Crippen LogP contribution in [0.2, 0.25) is 0 Å². The van der Waals surface area contributed by atoms with Crippen LogP contribution < -0.4 is 10.1 Å². The molecule has 0 spiro atoms. The first-order chi connectivity index (χ1) is 13.6. The van der Waals surface area contributed by atoms with Crippen LogP contribution in [0, 0.1) is 6.92 Å². The maximum atomic E-state index is 12.2. The molecule has 142 valence electrons. The number of hydrogen-bond acceptors (Lipinski definition) is 8. The van der Waals surface area contributed by atoms with Crippen LogP contribution in [0.15, 0.2) is 52.1 Å². The molecule has 0 aliphatic heterocycles. The van der Waals surface area contributed by atoms with Crippen molar-refractivity contribution in [2.75, 3.05) is 18.2 Å². The van der Waals surface area contributed by atoms with Crippen LogP contribution in [-0.4, -0.2) is 34.0 Å². The van der Waals surface area contributed by atoms with Crippen molar-refractivity contribution in [1.29, 1.82) is 0 Å². The Kier molecular flexibility index (Phi) is 5.27. The third-order valence-electron chi connectivity index (χ3n) is 3.95. The Labute approximate surface area is 169 Å². The molecule has 7 nitrogen and oxygen atoms in total. The van der Waals surface area contributed by atoms with E-state index in [9.17, 15) is 4.79 Å². The lowest BCUT2D eigenvalue weighted by atomic mass is 10.1. The molecule has 0 atom stereocenters. The second kappa shape index (κ2) is 7.99. The molecule has 0 saturated carbocycles. The monoisotopic (exact) mass is 412 g/mol. The second-order valence-electron chi connectivity index (χ2n) is 5.88. The average Bonchev–Trinajstić information content (AvgIpc) is 3.32. The molecule has 0 fully saturated rings. The number of nitrogens with one attached hydrogen (secondary N) is 1. The lowest BCUT2D eigenvalue weighted by Gasteiger charge is -1.99. The van der Waals surface area contributed by atoms with Crippen LogP contribution in [0.25, 0.3) is 21.7 Å². The number of aromatic nitrogens is 3. The van der Waals surface area contributed by atoms with E-state index in [2.05, 4.69) is 20.5 Å². The highest BCUT2D eigenvalue weighted by atomic mass is 32.2. The van der Waals surface area contributed by atoms with Gasteiger partial charge in [0.05, 0.1) is 23.1 Å². The first-order valence-corrected chi connectivity index (χ1v) is 10.2. The van der Waals surface area contributed by atoms with Gasteiger partial charge in [0, 0.05) is 5.56 Å². The van der Waals surface area contributed by atoms with Crippen molar-refractivity contribution < 1.29 is 13.9 Å². The molecule has 2 aromatic carbocycles. The van der Waals surface area contributed by atoms with Gasteiger partial charge in [-0.15, -0.1) is 10.2 Å². The Bertz CT molecular complexity index is 1140. The van der Waals surface area contributed by atoms with Crippen molar-refractivity contribution in [3.8, 4) is 17.2 Å². The van der Waals surface area contributed by atoms with E-state index in [4.69, 9.17) is 9.15 Å². The Hall–Kier alpha value is -2.91. The van der Waals surface area contributed by atoms with E-state index in [1.165, 1.54) is 23.1 Å². The molecule has 0 aliphatic rings. The lowest BCUT2D eigenvalue weighted by molar-refractivity contribution is -0.113. The Balaban J connectivity index is 1.38. The molecule has 0 aliphatic carbocycles. The Morgan fingerprint density at radius 2 is 2.11 bits per heavy atom. The highest BCUT2D eigenvalue weighted by molar-refractivity contribution is 7.99. The number of nitrogens with zero attached hydrogens (tertiary/aromatic N) is 3. The molecule has 2 heterocycles. The van der Waals surface area contributed by atoms with E-state index in [1.54, 1.807) is 7.11 Å². The summed E-state index contributed by atoms with van der Waals surface area (Å²) in [6.07, 6.45) is 0. The number of amides is 1. The molecule has 0 saturated heterocycles. The van der Waals surface area contributed by atoms with Crippen LogP contribution in [0.1, 0.15) is 5.56 Å². The summed E-state index contributed by atoms with van der Waals surface area (Å²) >= 11 is 2.58. The van der Waals surface area contributed by atoms with Crippen molar-refractivity contribution in [3.05, 3.63) is 48.0 Å². The van der Waals surface area contributed by atoms with Gasteiger partial charge in [0.25, 0.3) is 5.22 Å². The maximum absolute atomic E-state index is 12.2. The van der Waals surface area contributed by atoms with Gasteiger partial charge in [-0.05, 0) is 36.8 Å². The second-order valence-corrected chi connectivity index (χ2v) is 7.83. The van der Waals surface area contributed by atoms with Crippen molar-refractivity contribution in [1.82, 2.24) is 15.2 Å². The van der Waals surface area contributed by atoms with Crippen LogP contribution in [0.4, 0.5) is 5.13 Å². The van der Waals surface area contributed by atoms with E-state index in [0.29, 0.717) is 16.2 Å². The van der Waals surface area contributed by atoms with Crippen molar-refractivity contribution >= 4 is 44.4 Å². The minimum atomic E-state index is -0.188. The number of thioether (sulfide) groups is 1. The number of benzene rings is 2. The third kappa shape index (κ3) is 4.00. The van der Waals surface area contributed by atoms with E-state index >= 15 is 0 Å². The van der Waals surface area contributed by atoms with Gasteiger partial charge >= 0.3 is 0 Å². The number of rotatable bonds is 6. The van der Waals surface area contributed by atoms with Gasteiger partial charge in [0.15, 0.2) is 5.13 Å². The summed E-state index contributed by atoms with van der Waals surface area (Å²) in [5.74, 6) is 1.16. The summed E-state index contributed by atoms with van der Waals surface area (Å²) in [7, 11) is 1.62. The summed E-state index contributed by atoms with van der Waals surface area (Å²) in [5, 5.41) is 11.8. The minimum Gasteiger partial charge on any atom is -0.497 e. The molecular formula is C19H16N4O3S2. The molecule has 4 aromatic rings. The molecule has 0 unspecified atom stereocenters. The summed E-state index contributed by atoms with van der Waals surface area (Å²) < 4.78 is 11.8. The molecule has 1 N–H and O–H groups in total. The topological polar surface area (TPSA) is 90.1 Å². The third-order valence-corrected chi connectivity index (χ3v) is 5.70. The number of hydrogen-bond donors (Lipinski definition) is 1. The van der Waals surface area contributed by atoms with Crippen molar-refractivity contribution in [3.63, 3.8) is 0 Å². The molecule has 1 amide bonds. The van der Waals surface area contributed by atoms with Crippen LogP contribution >= 0.6 is 23.1 Å². The smallest absolute Gasteiger partial charge is 0.277 e. The lowest BCUT2D eigenvalue weighted by Crippen LogP contribution is -2.13. The minimum absolute atomic E-state index is 0.147. The number of fused-ring (bicyclic) bond motifs is 1. The SMILES string of the molecule is COc1ccc2nc(NC(=O)CSc3nnc(-c4ccccc4C)o3)sc2c1. The van der Waals surface area contributed by atoms with E-state index < -0.39 is 0 Å². The van der Waals surface area contributed by atoms with Gasteiger partial charge < -0.3 is 14.5 Å². The molecular weight excluding hydrogens is 396 g/mol. The van der Waals surface area contributed by atoms with Gasteiger partial charge in [-0.2, -0.15) is 0 Å². The number of carbonyl (C=O) groups excluding carboxylic acids is 1. The van der Waals surface area contributed by atoms with Crippen LogP contribution in [-0.2, 0) is 4.79 Å². The van der Waals surface area contributed by atoms with E-state index in [1.807, 2.05) is 49.4 Å². The highest BCUT2D eigenvalue weighted by Crippen LogP contribution is 2.30. The normalized spacial score (nSPS) is 10.9. The Morgan fingerprint density at radius 1 is 1.25 bits per heavy atom. The zero-order chi connectivity index (χ0) is 19.5. The van der Waals surface area contributed by atoms with Crippen molar-refractivity contribution in [2.24, 2.45) is 0 Å². The fraction of sp³-hybridized carbons (Fsp3) is 0.158. The summed E-state index contributed by atoms with van der Waals surface area (Å²) in [6.45, 7) is 1.98. The van der Waals surface area contributed by atoms with Crippen LogP contribution in [0.5, 0.6) is 5.75 Å². The molecule has 9 heteroatoms. The first-order valence-electron chi connectivity index (χ1n) is 8.39. The first kappa shape index (κ1) is 18.5. The number of carbonyl (C=O) groups is 1. The summed E-state index contributed by atoms with van der Waals surface area (Å²) in [5.41, 5.74) is 2.75. The Morgan fingerprint density at radius 3 is 2.93 bits per heavy atom. The summed E-state index contributed by atoms with van der Waals surface area (Å²) in [6, 6.07) is 13.4. The average molecular weight is 412 g/mol. The van der Waals surface area contributed by atoms with E-state index in [-0.39, 0.29) is 11.7 Å². The molecule has 0 bridgehead atoms. The van der Waals surface area contributed by atoms with E-state index in [0.717, 1.165) is 27.1 Å². The van der Waals surface area contributed by atoms with Gasteiger partial charge in [-0.3, -0.25) is 4.79 Å². The van der Waals surface area contributed by atoms with Gasteiger partial charge in [-0.25, -0.2) is 4.98 Å². The zero-order valence-corrected chi connectivity index (χ0v) is 16.8. The number of ether oxygens (including phenoxy) is 1. The zero-order valence-electron chi connectivity index (χ0n) is 15.1. The number of aryl methyl sites for hydroxylation is 1. The predicted octanol–water partition coefficient (Wildman–Crippen LogP) is 4.39. The standard InChI is InChI=1S/C19H16N4O3S2/c1-11-5-3-4-6-13(11)17-22-23-19(26-17)27-10-16(24)21-18-20-14-8-7-12(25-2)9-15(14)28-18/h3-9H,10H2,1-2H3,(H,20,21,24). The quantitative estimate of drug-likeness (QED) is 0.470. The molecule has 0 radical (unpaired) electrons. The largest absolute Gasteiger partial charge is 0.497 e. The predicted molar refractivity (Wildman–Crippen MR) is 110 cm³/mol. The summed E-state index contributed by atoms with van der Waals surface area (Å²) in [4.78, 5) is 16.6. The van der Waals surface area contributed by atoms with Gasteiger partial charge in [0.1, 0.15) is 5.75 Å². The molecule has 4 rings (SSSR count). The fourth-order valence-electron chi connectivity index (χ4n) is 2.56. The molecule has 28 heavy (non-hydrogen) atoms. The number of thiazole rings is 1. The van der Waals surface area contributed by atoms with Gasteiger partial charge in [0.2, 0.25) is 11.8 Å². The fourth-order valence-corrected chi connectivity index (χ4v) is 4.03. The molecule has 2 aromatic heterocycles. The van der Waals surface area contributed by atoms with Crippen molar-refractivity contribution in [2.45, 2.75) is 12.1 Å². The van der Waals surface area contributed by atoms with Crippen LogP contribution in [0.3, 0.4) is 0 Å². The van der Waals surface area contributed by atoms with Gasteiger partial charge in [-0.1, -0.05) is 41.3 Å².